The highest BCUT2D eigenvalue weighted by molar-refractivity contribution is 7.59. The highest BCUT2D eigenvalue weighted by Gasteiger charge is 2.35. The molecular weight excluding hydrogens is 467 g/mol. The summed E-state index contributed by atoms with van der Waals surface area (Å²) >= 11 is 0. The minimum atomic E-state index is -0.442. The van der Waals surface area contributed by atoms with Crippen molar-refractivity contribution in [2.45, 2.75) is 32.4 Å². The Bertz CT molecular complexity index is 1350. The van der Waals surface area contributed by atoms with E-state index in [0.717, 1.165) is 18.3 Å². The number of hydrogen-bond donors (Lipinski definition) is 1. The van der Waals surface area contributed by atoms with Gasteiger partial charge in [-0.15, -0.1) is 0 Å². The van der Waals surface area contributed by atoms with Crippen molar-refractivity contribution in [1.82, 2.24) is 34.4 Å². The quantitative estimate of drug-likeness (QED) is 0.451. The largest absolute Gasteiger partial charge is 0.473 e. The summed E-state index contributed by atoms with van der Waals surface area (Å²) in [5.74, 6) is 2.14. The number of pyridine rings is 2. The summed E-state index contributed by atoms with van der Waals surface area (Å²) in [6, 6.07) is 5.29. The monoisotopic (exact) mass is 494 g/mol. The molecule has 3 aliphatic rings. The van der Waals surface area contributed by atoms with E-state index in [4.69, 9.17) is 10.5 Å². The standard InChI is InChI=1S/C24H25FN8O.H2S/c1-14-29-22(26)21-24(30-14)33(23(31-21)17-8-18(25)11-27-10-17)12-15-2-3-20(28-9-15)34-19-13-32-6-4-16(19)5-7-32;/h2-3,8-11,16,19H,4-7,12-13H2,1H3,(H2,26,29,30);1H2/t19-;/m1./s1. The predicted octanol–water partition coefficient (Wildman–Crippen LogP) is 2.95. The second-order valence-corrected chi connectivity index (χ2v) is 9.04. The van der Waals surface area contributed by atoms with E-state index in [1.807, 2.05) is 16.7 Å². The number of nitrogens with two attached hydrogens (primary N) is 1. The fourth-order valence-corrected chi connectivity index (χ4v) is 5.00. The summed E-state index contributed by atoms with van der Waals surface area (Å²) in [7, 11) is 0. The van der Waals surface area contributed by atoms with Crippen LogP contribution in [0.25, 0.3) is 22.6 Å². The van der Waals surface area contributed by atoms with Crippen molar-refractivity contribution in [2.75, 3.05) is 25.4 Å². The average Bonchev–Trinajstić information content (AvgIpc) is 3.20. The van der Waals surface area contributed by atoms with Gasteiger partial charge in [-0.3, -0.25) is 9.88 Å². The predicted molar refractivity (Wildman–Crippen MR) is 135 cm³/mol. The second kappa shape index (κ2) is 9.38. The van der Waals surface area contributed by atoms with Gasteiger partial charge in [0.15, 0.2) is 17.0 Å². The average molecular weight is 495 g/mol. The minimum Gasteiger partial charge on any atom is -0.473 e. The maximum atomic E-state index is 13.9. The number of aromatic nitrogens is 6. The molecule has 182 valence electrons. The van der Waals surface area contributed by atoms with Gasteiger partial charge in [0.05, 0.1) is 12.7 Å². The minimum absolute atomic E-state index is 0. The third-order valence-corrected chi connectivity index (χ3v) is 6.70. The molecule has 35 heavy (non-hydrogen) atoms. The molecule has 3 fully saturated rings. The van der Waals surface area contributed by atoms with Crippen molar-refractivity contribution < 1.29 is 9.13 Å². The topological polar surface area (TPSA) is 108 Å². The van der Waals surface area contributed by atoms with E-state index >= 15 is 0 Å². The second-order valence-electron chi connectivity index (χ2n) is 9.04. The Hall–Kier alpha value is -3.31. The van der Waals surface area contributed by atoms with E-state index < -0.39 is 5.82 Å². The molecule has 2 N–H and O–H groups in total. The Morgan fingerprint density at radius 2 is 1.94 bits per heavy atom. The Labute approximate surface area is 209 Å². The van der Waals surface area contributed by atoms with E-state index in [9.17, 15) is 4.39 Å². The van der Waals surface area contributed by atoms with Crippen LogP contribution in [0.15, 0.2) is 36.8 Å². The van der Waals surface area contributed by atoms with Crippen LogP contribution in [0.1, 0.15) is 24.2 Å². The summed E-state index contributed by atoms with van der Waals surface area (Å²) in [5, 5.41) is 0. The molecule has 0 unspecified atom stereocenters. The van der Waals surface area contributed by atoms with Gasteiger partial charge in [0.2, 0.25) is 5.88 Å². The molecule has 7 heterocycles. The zero-order valence-corrected chi connectivity index (χ0v) is 20.4. The van der Waals surface area contributed by atoms with Crippen LogP contribution in [-0.4, -0.2) is 60.1 Å². The summed E-state index contributed by atoms with van der Waals surface area (Å²) in [6.07, 6.45) is 7.12. The number of ether oxygens (including phenoxy) is 1. The van der Waals surface area contributed by atoms with Gasteiger partial charge in [-0.2, -0.15) is 13.5 Å². The lowest BCUT2D eigenvalue weighted by Crippen LogP contribution is -2.52. The van der Waals surface area contributed by atoms with Crippen molar-refractivity contribution >= 4 is 30.5 Å². The number of aryl methyl sites for hydroxylation is 1. The fourth-order valence-electron chi connectivity index (χ4n) is 5.00. The van der Waals surface area contributed by atoms with Crippen LogP contribution in [0.2, 0.25) is 0 Å². The smallest absolute Gasteiger partial charge is 0.213 e. The number of fused-ring (bicyclic) bond motifs is 4. The molecule has 4 aromatic heterocycles. The third kappa shape index (κ3) is 4.53. The van der Waals surface area contributed by atoms with Crippen molar-refractivity contribution in [3.8, 4) is 17.3 Å². The first kappa shape index (κ1) is 23.4. The van der Waals surface area contributed by atoms with Gasteiger partial charge in [-0.25, -0.2) is 24.3 Å². The van der Waals surface area contributed by atoms with Crippen LogP contribution < -0.4 is 10.5 Å². The Morgan fingerprint density at radius 1 is 1.11 bits per heavy atom. The molecule has 3 saturated heterocycles. The number of rotatable bonds is 5. The van der Waals surface area contributed by atoms with E-state index in [2.05, 4.69) is 29.8 Å². The number of halogens is 1. The Balaban J connectivity index is 0.00000253. The van der Waals surface area contributed by atoms with Crippen LogP contribution in [0.4, 0.5) is 10.2 Å². The van der Waals surface area contributed by atoms with Gasteiger partial charge >= 0.3 is 0 Å². The zero-order valence-electron chi connectivity index (χ0n) is 19.4. The molecule has 2 bridgehead atoms. The SMILES string of the molecule is Cc1nc(N)c2nc(-c3cncc(F)c3)n(Cc3ccc(O[C@@H]4CN5CCC4CC5)nc3)c2n1.S. The lowest BCUT2D eigenvalue weighted by molar-refractivity contribution is -0.00994. The van der Waals surface area contributed by atoms with Gasteiger partial charge in [-0.1, -0.05) is 6.07 Å². The molecule has 1 atom stereocenters. The van der Waals surface area contributed by atoms with Gasteiger partial charge < -0.3 is 15.0 Å². The highest BCUT2D eigenvalue weighted by atomic mass is 32.1. The molecule has 0 radical (unpaired) electrons. The summed E-state index contributed by atoms with van der Waals surface area (Å²) in [6.45, 7) is 5.52. The van der Waals surface area contributed by atoms with Crippen molar-refractivity contribution in [2.24, 2.45) is 5.92 Å². The van der Waals surface area contributed by atoms with Crippen molar-refractivity contribution in [3.05, 3.63) is 54.0 Å². The molecule has 0 saturated carbocycles. The van der Waals surface area contributed by atoms with E-state index in [0.29, 0.717) is 46.7 Å². The van der Waals surface area contributed by atoms with E-state index in [1.54, 1.807) is 19.3 Å². The number of nitrogen functional groups attached to an aromatic ring is 1. The van der Waals surface area contributed by atoms with E-state index in [-0.39, 0.29) is 25.4 Å². The number of piperidine rings is 3. The molecule has 11 heteroatoms. The molecule has 0 spiro atoms. The number of nitrogens with zero attached hydrogens (tertiary/aromatic N) is 7. The maximum absolute atomic E-state index is 13.9. The molecule has 4 aromatic rings. The van der Waals surface area contributed by atoms with Crippen LogP contribution in [0, 0.1) is 18.7 Å². The van der Waals surface area contributed by atoms with Crippen LogP contribution in [0.3, 0.4) is 0 Å². The molecule has 0 aliphatic carbocycles. The third-order valence-electron chi connectivity index (χ3n) is 6.70. The summed E-state index contributed by atoms with van der Waals surface area (Å²) < 4.78 is 22.0. The molecule has 3 aliphatic heterocycles. The first-order valence-electron chi connectivity index (χ1n) is 11.5. The lowest BCUT2D eigenvalue weighted by atomic mass is 9.86. The molecule has 0 amide bonds. The van der Waals surface area contributed by atoms with E-state index in [1.165, 1.54) is 32.0 Å². The van der Waals surface area contributed by atoms with Crippen LogP contribution in [0.5, 0.6) is 5.88 Å². The maximum Gasteiger partial charge on any atom is 0.213 e. The van der Waals surface area contributed by atoms with Crippen LogP contribution in [-0.2, 0) is 6.54 Å². The summed E-state index contributed by atoms with van der Waals surface area (Å²) in [4.78, 5) is 24.4. The van der Waals surface area contributed by atoms with Gasteiger partial charge in [0, 0.05) is 30.6 Å². The summed E-state index contributed by atoms with van der Waals surface area (Å²) in [5.41, 5.74) is 8.64. The Morgan fingerprint density at radius 3 is 2.63 bits per heavy atom. The normalized spacial score (nSPS) is 21.1. The number of anilines is 1. The highest BCUT2D eigenvalue weighted by Crippen LogP contribution is 2.31. The first-order chi connectivity index (χ1) is 16.5. The molecule has 7 rings (SSSR count). The molecular formula is C24H27FN8OS. The molecule has 9 nitrogen and oxygen atoms in total. The molecule has 0 aromatic carbocycles. The van der Waals surface area contributed by atoms with Gasteiger partial charge in [0.25, 0.3) is 0 Å². The van der Waals surface area contributed by atoms with Crippen molar-refractivity contribution in [3.63, 3.8) is 0 Å². The van der Waals surface area contributed by atoms with Crippen LogP contribution >= 0.6 is 13.5 Å². The number of imidazole rings is 1. The van der Waals surface area contributed by atoms with Gasteiger partial charge in [-0.05, 0) is 50.4 Å². The Kier molecular flexibility index (Phi) is 6.28. The zero-order chi connectivity index (χ0) is 23.2. The first-order valence-corrected chi connectivity index (χ1v) is 11.5. The lowest BCUT2D eigenvalue weighted by Gasteiger charge is -2.44. The fraction of sp³-hybridized carbons (Fsp3) is 0.375. The van der Waals surface area contributed by atoms with Crippen molar-refractivity contribution in [1.29, 1.82) is 0 Å². The van der Waals surface area contributed by atoms with Gasteiger partial charge in [0.1, 0.15) is 23.6 Å². The number of hydrogen-bond acceptors (Lipinski definition) is 8.